The summed E-state index contributed by atoms with van der Waals surface area (Å²) in [6, 6.07) is 7.15. The minimum Gasteiger partial charge on any atom is -0.391 e. The molecule has 3 saturated heterocycles. The minimum absolute atomic E-state index is 0.0443. The number of carbonyl (C=O) groups is 7. The third kappa shape index (κ3) is 11.7. The van der Waals surface area contributed by atoms with Crippen molar-refractivity contribution in [2.45, 2.75) is 116 Å². The molecular formula is C44H62N8O9. The molecule has 61 heavy (non-hydrogen) atoms. The van der Waals surface area contributed by atoms with Gasteiger partial charge in [0, 0.05) is 57.7 Å². The first-order valence-corrected chi connectivity index (χ1v) is 21.2. The zero-order valence-corrected chi connectivity index (χ0v) is 36.2. The van der Waals surface area contributed by atoms with Gasteiger partial charge in [0.15, 0.2) is 5.78 Å². The van der Waals surface area contributed by atoms with E-state index in [2.05, 4.69) is 21.3 Å². The van der Waals surface area contributed by atoms with Gasteiger partial charge in [-0.2, -0.15) is 0 Å². The van der Waals surface area contributed by atoms with Crippen LogP contribution in [0.25, 0.3) is 0 Å². The second-order valence-electron chi connectivity index (χ2n) is 17.0. The highest BCUT2D eigenvalue weighted by molar-refractivity contribution is 5.98. The third-order valence-electron chi connectivity index (χ3n) is 11.8. The number of nitrogens with zero attached hydrogens (tertiary/aromatic N) is 4. The van der Waals surface area contributed by atoms with E-state index in [0.717, 1.165) is 21.6 Å². The summed E-state index contributed by atoms with van der Waals surface area (Å²) in [4.78, 5) is 102. The summed E-state index contributed by atoms with van der Waals surface area (Å²) in [5.41, 5.74) is 3.15. The first-order valence-electron chi connectivity index (χ1n) is 21.2. The lowest BCUT2D eigenvalue weighted by Gasteiger charge is -2.41. The van der Waals surface area contributed by atoms with Crippen LogP contribution in [-0.2, 0) is 35.2 Å². The van der Waals surface area contributed by atoms with Crippen LogP contribution in [-0.4, -0.2) is 159 Å². The van der Waals surface area contributed by atoms with Crippen LogP contribution >= 0.6 is 0 Å². The Morgan fingerprint density at radius 2 is 1.48 bits per heavy atom. The molecule has 6 N–H and O–H groups in total. The SMILES string of the molecule is CCC(=O)[C@@H]1C[C@@H](C)CN1C(=O)[C@H](C)NC(=O)[C@@H]1CN(C)CCN1C(=O)[C@@H]1C[C@@H](O)CN1C(=O)[C@@H](NC(=O)[C@H](Cc1cccc(C)c1)NC(=O)Nc1ccc(C)cc1)[C@H](C)O. The summed E-state index contributed by atoms with van der Waals surface area (Å²) in [7, 11) is 1.79. The fourth-order valence-electron chi connectivity index (χ4n) is 8.41. The Bertz CT molecular complexity index is 1940. The van der Waals surface area contributed by atoms with E-state index < -0.39 is 84.0 Å². The van der Waals surface area contributed by atoms with E-state index in [-0.39, 0.29) is 50.6 Å². The first kappa shape index (κ1) is 46.7. The zero-order valence-electron chi connectivity index (χ0n) is 36.2. The maximum Gasteiger partial charge on any atom is 0.319 e. The fraction of sp³-hybridized carbons (Fsp3) is 0.568. The Morgan fingerprint density at radius 1 is 0.787 bits per heavy atom. The number of hydrogen-bond acceptors (Lipinski definition) is 10. The summed E-state index contributed by atoms with van der Waals surface area (Å²) in [5, 5.41) is 32.6. The molecule has 2 aromatic rings. The molecule has 332 valence electrons. The number of likely N-dealkylation sites (N-methyl/N-ethyl adjacent to an activating group) is 1. The molecule has 0 radical (unpaired) electrons. The summed E-state index contributed by atoms with van der Waals surface area (Å²) in [5.74, 6) is -3.11. The Kier molecular flexibility index (Phi) is 15.6. The maximum absolute atomic E-state index is 14.4. The normalized spacial score (nSPS) is 23.7. The molecule has 0 unspecified atom stereocenters. The van der Waals surface area contributed by atoms with E-state index in [1.807, 2.05) is 56.0 Å². The number of aliphatic hydroxyl groups is 2. The highest BCUT2D eigenvalue weighted by Gasteiger charge is 2.47. The number of aryl methyl sites for hydroxylation is 2. The lowest BCUT2D eigenvalue weighted by molar-refractivity contribution is -0.152. The molecule has 0 saturated carbocycles. The number of likely N-dealkylation sites (tertiary alicyclic amines) is 2. The van der Waals surface area contributed by atoms with Crippen LogP contribution in [0.3, 0.4) is 0 Å². The molecule has 17 nitrogen and oxygen atoms in total. The molecule has 0 aliphatic carbocycles. The smallest absolute Gasteiger partial charge is 0.319 e. The Morgan fingerprint density at radius 3 is 2.13 bits per heavy atom. The molecule has 5 rings (SSSR count). The second-order valence-corrected chi connectivity index (χ2v) is 17.0. The monoisotopic (exact) mass is 846 g/mol. The van der Waals surface area contributed by atoms with Crippen LogP contribution in [0.15, 0.2) is 48.5 Å². The number of amides is 7. The number of β-amino-alcohol motifs (C(OH)–C–C–N with tert-alkyl or cyclic N) is 1. The highest BCUT2D eigenvalue weighted by Crippen LogP contribution is 2.27. The molecule has 0 bridgehead atoms. The molecule has 17 heteroatoms. The molecule has 9 atom stereocenters. The number of nitrogens with one attached hydrogen (secondary N) is 4. The van der Waals surface area contributed by atoms with E-state index in [0.29, 0.717) is 25.2 Å². The quantitative estimate of drug-likeness (QED) is 0.157. The van der Waals surface area contributed by atoms with Crippen molar-refractivity contribution in [3.05, 3.63) is 65.2 Å². The number of carbonyl (C=O) groups excluding carboxylic acids is 7. The van der Waals surface area contributed by atoms with Crippen LogP contribution in [0.2, 0.25) is 0 Å². The van der Waals surface area contributed by atoms with E-state index in [1.165, 1.54) is 16.7 Å². The zero-order chi connectivity index (χ0) is 44.7. The fourth-order valence-corrected chi connectivity index (χ4v) is 8.41. The summed E-state index contributed by atoms with van der Waals surface area (Å²) in [6.45, 7) is 11.1. The largest absolute Gasteiger partial charge is 0.391 e. The highest BCUT2D eigenvalue weighted by atomic mass is 16.3. The van der Waals surface area contributed by atoms with Gasteiger partial charge in [-0.05, 0) is 64.8 Å². The molecule has 3 aliphatic rings. The Labute approximate surface area is 357 Å². The standard InChI is InChI=1S/C44H62N8O9/c1-8-37(55)34-19-27(4)22-51(34)41(58)28(5)45-40(57)36-24-49(7)16-17-50(36)42(59)35-21-32(54)23-52(35)43(60)38(29(6)53)48-39(56)33(20-30-11-9-10-26(3)18-30)47-44(61)46-31-14-12-25(2)13-15-31/h9-15,18,27-29,32-36,38,53-54H,8,16-17,19-24H2,1-7H3,(H,45,57)(H,48,56)(H2,46,47,61)/t27-,28+,29+,32-,33+,34+,35+,36+,38+/m1/s1. The van der Waals surface area contributed by atoms with Gasteiger partial charge >= 0.3 is 6.03 Å². The van der Waals surface area contributed by atoms with E-state index in [1.54, 1.807) is 39.1 Å². The number of ketones is 1. The Hall–Kier alpha value is -5.39. The van der Waals surface area contributed by atoms with Crippen molar-refractivity contribution in [3.63, 3.8) is 0 Å². The van der Waals surface area contributed by atoms with Crippen LogP contribution in [0.5, 0.6) is 0 Å². The van der Waals surface area contributed by atoms with Gasteiger partial charge in [-0.3, -0.25) is 28.8 Å². The maximum atomic E-state index is 14.4. The number of benzene rings is 2. The summed E-state index contributed by atoms with van der Waals surface area (Å²) >= 11 is 0. The van der Waals surface area contributed by atoms with Gasteiger partial charge in [0.25, 0.3) is 0 Å². The van der Waals surface area contributed by atoms with Crippen LogP contribution < -0.4 is 21.3 Å². The molecule has 7 amide bonds. The van der Waals surface area contributed by atoms with Crippen molar-refractivity contribution in [3.8, 4) is 0 Å². The van der Waals surface area contributed by atoms with Crippen molar-refractivity contribution in [2.24, 2.45) is 5.92 Å². The van der Waals surface area contributed by atoms with Crippen LogP contribution in [0.1, 0.15) is 63.6 Å². The molecule has 3 aliphatic heterocycles. The van der Waals surface area contributed by atoms with Crippen molar-refractivity contribution < 1.29 is 43.8 Å². The molecule has 3 fully saturated rings. The number of aliphatic hydroxyl groups excluding tert-OH is 2. The predicted molar refractivity (Wildman–Crippen MR) is 227 cm³/mol. The summed E-state index contributed by atoms with van der Waals surface area (Å²) in [6.07, 6.45) is -1.86. The number of piperazine rings is 1. The van der Waals surface area contributed by atoms with E-state index in [9.17, 15) is 43.8 Å². The molecule has 0 aromatic heterocycles. The number of Topliss-reactive ketones (excluding diaryl/α,β-unsaturated/α-hetero) is 1. The molecule has 2 aromatic carbocycles. The van der Waals surface area contributed by atoms with Crippen LogP contribution in [0.4, 0.5) is 10.5 Å². The number of hydrogen-bond donors (Lipinski definition) is 6. The van der Waals surface area contributed by atoms with Crippen molar-refractivity contribution in [1.82, 2.24) is 35.6 Å². The molecule has 0 spiro atoms. The van der Waals surface area contributed by atoms with Crippen molar-refractivity contribution in [1.29, 1.82) is 0 Å². The van der Waals surface area contributed by atoms with E-state index in [4.69, 9.17) is 0 Å². The number of urea groups is 1. The van der Waals surface area contributed by atoms with Gasteiger partial charge < -0.3 is 51.1 Å². The lowest BCUT2D eigenvalue weighted by atomic mass is 10.0. The Balaban J connectivity index is 1.31. The van der Waals surface area contributed by atoms with Gasteiger partial charge in [0.2, 0.25) is 29.5 Å². The van der Waals surface area contributed by atoms with Gasteiger partial charge in [-0.25, -0.2) is 4.79 Å². The summed E-state index contributed by atoms with van der Waals surface area (Å²) < 4.78 is 0. The average Bonchev–Trinajstić information content (AvgIpc) is 3.81. The van der Waals surface area contributed by atoms with Gasteiger partial charge in [0.1, 0.15) is 30.2 Å². The number of rotatable bonds is 14. The second kappa shape index (κ2) is 20.4. The van der Waals surface area contributed by atoms with Crippen molar-refractivity contribution >= 4 is 47.0 Å². The van der Waals surface area contributed by atoms with E-state index >= 15 is 0 Å². The predicted octanol–water partition coefficient (Wildman–Crippen LogP) is 0.727. The number of anilines is 1. The first-order chi connectivity index (χ1) is 28.9. The molecular weight excluding hydrogens is 785 g/mol. The lowest BCUT2D eigenvalue weighted by Crippen LogP contribution is -2.65. The van der Waals surface area contributed by atoms with Gasteiger partial charge in [0.05, 0.1) is 18.2 Å². The van der Waals surface area contributed by atoms with Gasteiger partial charge in [-0.15, -0.1) is 0 Å². The third-order valence-corrected chi connectivity index (χ3v) is 11.8. The molecule has 3 heterocycles. The van der Waals surface area contributed by atoms with Crippen LogP contribution in [0, 0.1) is 19.8 Å². The topological polar surface area (TPSA) is 221 Å². The van der Waals surface area contributed by atoms with Crippen molar-refractivity contribution in [2.75, 3.05) is 45.1 Å². The average molecular weight is 847 g/mol. The minimum atomic E-state index is -1.58. The van der Waals surface area contributed by atoms with Gasteiger partial charge in [-0.1, -0.05) is 61.4 Å².